The first kappa shape index (κ1) is 16.4. The Balaban J connectivity index is 1.62. The third kappa shape index (κ3) is 2.16. The van der Waals surface area contributed by atoms with Crippen LogP contribution in [0.3, 0.4) is 0 Å². The summed E-state index contributed by atoms with van der Waals surface area (Å²) in [5, 5.41) is 17.2. The highest BCUT2D eigenvalue weighted by molar-refractivity contribution is 7.17. The van der Waals surface area contributed by atoms with Gasteiger partial charge in [0.05, 0.1) is 5.52 Å². The van der Waals surface area contributed by atoms with E-state index in [1.165, 1.54) is 52.3 Å². The zero-order valence-electron chi connectivity index (χ0n) is 16.3. The van der Waals surface area contributed by atoms with Crippen LogP contribution in [0.2, 0.25) is 0 Å². The van der Waals surface area contributed by atoms with E-state index in [0.29, 0.717) is 0 Å². The van der Waals surface area contributed by atoms with Crippen LogP contribution in [0.4, 0.5) is 0 Å². The molecule has 3 heteroatoms. The van der Waals surface area contributed by atoms with Gasteiger partial charge < -0.3 is 0 Å². The summed E-state index contributed by atoms with van der Waals surface area (Å²) in [6, 6.07) is 24.1. The first-order valence-electron chi connectivity index (χ1n) is 10.4. The van der Waals surface area contributed by atoms with Crippen molar-refractivity contribution in [3.63, 3.8) is 0 Å². The van der Waals surface area contributed by atoms with Crippen molar-refractivity contribution in [1.82, 2.24) is 10.2 Å². The van der Waals surface area contributed by atoms with Crippen molar-refractivity contribution in [3.8, 4) is 11.3 Å². The normalized spacial score (nSPS) is 13.6. The third-order valence-electron chi connectivity index (χ3n) is 6.32. The number of nitrogens with one attached hydrogen (secondary N) is 1. The van der Waals surface area contributed by atoms with Crippen LogP contribution in [0, 0.1) is 0 Å². The first-order valence-corrected chi connectivity index (χ1v) is 11.2. The lowest BCUT2D eigenvalue weighted by Gasteiger charge is -2.08. The van der Waals surface area contributed by atoms with Crippen LogP contribution in [0.25, 0.3) is 65.9 Å². The fourth-order valence-electron chi connectivity index (χ4n) is 4.97. The number of nitrogens with zero attached hydrogens (tertiary/aromatic N) is 1. The predicted octanol–water partition coefficient (Wildman–Crippen LogP) is 6.11. The molecule has 142 valence electrons. The Kier molecular flexibility index (Phi) is 3.29. The molecule has 0 fully saturated rings. The molecule has 0 saturated heterocycles. The topological polar surface area (TPSA) is 28.7 Å². The molecule has 4 aromatic carbocycles. The van der Waals surface area contributed by atoms with Crippen LogP contribution in [0.5, 0.6) is 0 Å². The molecular formula is C27H18N2S. The Morgan fingerprint density at radius 3 is 2.33 bits per heavy atom. The van der Waals surface area contributed by atoms with E-state index in [9.17, 15) is 0 Å². The molecule has 2 aromatic heterocycles. The summed E-state index contributed by atoms with van der Waals surface area (Å²) in [7, 11) is 0. The average Bonchev–Trinajstić information content (AvgIpc) is 3.41. The number of aromatic nitrogens is 2. The molecular weight excluding hydrogens is 384 g/mol. The molecule has 0 spiro atoms. The van der Waals surface area contributed by atoms with E-state index in [1.54, 1.807) is 0 Å². The Labute approximate surface area is 176 Å². The van der Waals surface area contributed by atoms with Crippen molar-refractivity contribution in [2.24, 2.45) is 0 Å². The van der Waals surface area contributed by atoms with E-state index >= 15 is 0 Å². The summed E-state index contributed by atoms with van der Waals surface area (Å²) in [4.78, 5) is 0. The second-order valence-electron chi connectivity index (χ2n) is 7.99. The summed E-state index contributed by atoms with van der Waals surface area (Å²) < 4.78 is 2.77. The van der Waals surface area contributed by atoms with E-state index in [4.69, 9.17) is 5.10 Å². The van der Waals surface area contributed by atoms with Gasteiger partial charge in [-0.15, -0.1) is 11.3 Å². The molecule has 7 rings (SSSR count). The number of H-pyrrole nitrogens is 1. The third-order valence-corrected chi connectivity index (χ3v) is 7.51. The zero-order chi connectivity index (χ0) is 19.7. The quantitative estimate of drug-likeness (QED) is 0.331. The maximum atomic E-state index is 4.83. The van der Waals surface area contributed by atoms with Crippen LogP contribution in [0.15, 0.2) is 66.7 Å². The standard InChI is InChI=1S/C27H18N2S/c1-3-10-20-17(7-1)18-8-2-4-11-21(18)27-25(20)26(28-29-27)16-13-14-24-22(15-16)19-9-5-6-12-23(19)30-24/h1-4,7-15H,5-6H2,(H,28,29). The summed E-state index contributed by atoms with van der Waals surface area (Å²) >= 11 is 1.90. The predicted molar refractivity (Wildman–Crippen MR) is 129 cm³/mol. The van der Waals surface area contributed by atoms with Gasteiger partial charge in [-0.3, -0.25) is 5.10 Å². The smallest absolute Gasteiger partial charge is 0.101 e. The van der Waals surface area contributed by atoms with E-state index < -0.39 is 0 Å². The lowest BCUT2D eigenvalue weighted by atomic mass is 9.95. The summed E-state index contributed by atoms with van der Waals surface area (Å²) in [5.74, 6) is 0. The molecule has 6 aromatic rings. The second-order valence-corrected chi connectivity index (χ2v) is 9.07. The fraction of sp³-hybridized carbons (Fsp3) is 0.0741. The molecule has 0 atom stereocenters. The summed E-state index contributed by atoms with van der Waals surface area (Å²) in [6.07, 6.45) is 7.05. The van der Waals surface area contributed by atoms with Crippen LogP contribution >= 0.6 is 11.3 Å². The lowest BCUT2D eigenvalue weighted by Crippen LogP contribution is -2.20. The lowest BCUT2D eigenvalue weighted by molar-refractivity contribution is 1.13. The molecule has 0 aliphatic heterocycles. The molecule has 2 heterocycles. The molecule has 0 radical (unpaired) electrons. The van der Waals surface area contributed by atoms with Crippen molar-refractivity contribution >= 4 is 66.0 Å². The number of rotatable bonds is 1. The van der Waals surface area contributed by atoms with Gasteiger partial charge in [0.1, 0.15) is 5.69 Å². The van der Waals surface area contributed by atoms with Crippen LogP contribution in [-0.4, -0.2) is 10.2 Å². The number of thiophene rings is 1. The highest BCUT2D eigenvalue weighted by Crippen LogP contribution is 2.39. The monoisotopic (exact) mass is 402 g/mol. The van der Waals surface area contributed by atoms with Gasteiger partial charge in [0.15, 0.2) is 0 Å². The molecule has 0 bridgehead atoms. The Bertz CT molecular complexity index is 1750. The minimum atomic E-state index is 1.04. The molecule has 1 aliphatic carbocycles. The van der Waals surface area contributed by atoms with E-state index in [2.05, 4.69) is 84.0 Å². The van der Waals surface area contributed by atoms with Gasteiger partial charge in [0.2, 0.25) is 0 Å². The van der Waals surface area contributed by atoms with Crippen molar-refractivity contribution in [3.05, 3.63) is 76.5 Å². The molecule has 1 aliphatic rings. The van der Waals surface area contributed by atoms with E-state index in [-0.39, 0.29) is 0 Å². The van der Waals surface area contributed by atoms with E-state index in [1.807, 2.05) is 11.3 Å². The number of hydrogen-bond donors (Lipinski definition) is 1. The maximum absolute atomic E-state index is 4.83. The Hall–Kier alpha value is -3.43. The van der Waals surface area contributed by atoms with Crippen molar-refractivity contribution in [2.45, 2.75) is 12.8 Å². The maximum Gasteiger partial charge on any atom is 0.101 e. The number of hydrogen-bond acceptors (Lipinski definition) is 2. The van der Waals surface area contributed by atoms with Gasteiger partial charge in [-0.25, -0.2) is 0 Å². The van der Waals surface area contributed by atoms with Crippen LogP contribution < -0.4 is 9.75 Å². The molecule has 0 amide bonds. The van der Waals surface area contributed by atoms with Gasteiger partial charge in [-0.05, 0) is 46.4 Å². The molecule has 1 N–H and O–H groups in total. The minimum Gasteiger partial charge on any atom is -0.277 e. The van der Waals surface area contributed by atoms with Crippen LogP contribution in [-0.2, 0) is 0 Å². The number of benzene rings is 4. The van der Waals surface area contributed by atoms with Crippen LogP contribution in [0.1, 0.15) is 12.8 Å². The average molecular weight is 403 g/mol. The van der Waals surface area contributed by atoms with Gasteiger partial charge in [-0.2, -0.15) is 5.10 Å². The highest BCUT2D eigenvalue weighted by Gasteiger charge is 2.16. The van der Waals surface area contributed by atoms with Gasteiger partial charge in [-0.1, -0.05) is 66.7 Å². The molecule has 30 heavy (non-hydrogen) atoms. The van der Waals surface area contributed by atoms with Gasteiger partial charge >= 0.3 is 0 Å². The molecule has 0 saturated carbocycles. The summed E-state index contributed by atoms with van der Waals surface area (Å²) in [5.41, 5.74) is 3.33. The second kappa shape index (κ2) is 6.04. The van der Waals surface area contributed by atoms with E-state index in [0.717, 1.165) is 24.1 Å². The largest absolute Gasteiger partial charge is 0.277 e. The Morgan fingerprint density at radius 1 is 0.733 bits per heavy atom. The zero-order valence-corrected chi connectivity index (χ0v) is 17.1. The first-order chi connectivity index (χ1) is 14.9. The number of fused-ring (bicyclic) bond motifs is 9. The summed E-state index contributed by atoms with van der Waals surface area (Å²) in [6.45, 7) is 0. The van der Waals surface area contributed by atoms with Crippen molar-refractivity contribution in [1.29, 1.82) is 0 Å². The minimum absolute atomic E-state index is 1.04. The SMILES string of the molecule is C1=c2sc3ccc(-c4n[nH]c5c6ccccc6c6ccccc6c45)cc3c2=CCC1. The Morgan fingerprint density at radius 2 is 1.47 bits per heavy atom. The highest BCUT2D eigenvalue weighted by atomic mass is 32.1. The van der Waals surface area contributed by atoms with Crippen molar-refractivity contribution < 1.29 is 0 Å². The molecule has 2 nitrogen and oxygen atoms in total. The fourth-order valence-corrected chi connectivity index (χ4v) is 6.12. The molecule has 0 unspecified atom stereocenters. The van der Waals surface area contributed by atoms with Gasteiger partial charge in [0.25, 0.3) is 0 Å². The van der Waals surface area contributed by atoms with Gasteiger partial charge in [0, 0.05) is 31.0 Å². The van der Waals surface area contributed by atoms with Crippen molar-refractivity contribution in [2.75, 3.05) is 0 Å². The number of aromatic amines is 1.